The van der Waals surface area contributed by atoms with E-state index in [0.29, 0.717) is 17.0 Å². The molecule has 3 aromatic rings. The molecule has 2 aromatic carbocycles. The number of benzene rings is 2. The third-order valence-electron chi connectivity index (χ3n) is 3.95. The molecule has 3 rings (SSSR count). The molecule has 0 radical (unpaired) electrons. The van der Waals surface area contributed by atoms with E-state index in [0.717, 1.165) is 10.0 Å². The van der Waals surface area contributed by atoms with E-state index in [1.165, 1.54) is 7.11 Å². The van der Waals surface area contributed by atoms with Crippen LogP contribution >= 0.6 is 15.9 Å². The van der Waals surface area contributed by atoms with Gasteiger partial charge in [-0.3, -0.25) is 4.79 Å². The molecule has 0 spiro atoms. The normalized spacial score (nSPS) is 10.2. The van der Waals surface area contributed by atoms with Crippen LogP contribution in [0.25, 0.3) is 0 Å². The zero-order chi connectivity index (χ0) is 20.1. The van der Waals surface area contributed by atoms with Gasteiger partial charge in [-0.1, -0.05) is 22.0 Å². The molecule has 7 heteroatoms. The monoisotopic (exact) mass is 440 g/mol. The fourth-order valence-electron chi connectivity index (χ4n) is 2.45. The molecular weight excluding hydrogens is 424 g/mol. The van der Waals surface area contributed by atoms with Gasteiger partial charge in [0.15, 0.2) is 0 Å². The minimum absolute atomic E-state index is 0.184. The molecule has 1 heterocycles. The summed E-state index contributed by atoms with van der Waals surface area (Å²) >= 11 is 3.37. The predicted molar refractivity (Wildman–Crippen MR) is 109 cm³/mol. The van der Waals surface area contributed by atoms with Gasteiger partial charge in [0.1, 0.15) is 11.3 Å². The largest absolute Gasteiger partial charge is 0.465 e. The highest BCUT2D eigenvalue weighted by molar-refractivity contribution is 9.10. The van der Waals surface area contributed by atoms with Crippen molar-refractivity contribution in [1.82, 2.24) is 4.98 Å². The number of pyridine rings is 1. The minimum atomic E-state index is -0.476. The number of hydrogen-bond donors (Lipinski definition) is 1. The van der Waals surface area contributed by atoms with Gasteiger partial charge in [0.05, 0.1) is 12.7 Å². The Bertz CT molecular complexity index is 1020. The number of aryl methyl sites for hydroxylation is 1. The summed E-state index contributed by atoms with van der Waals surface area (Å²) < 4.78 is 11.4. The first kappa shape index (κ1) is 19.6. The second-order valence-corrected chi connectivity index (χ2v) is 6.80. The first-order chi connectivity index (χ1) is 13.5. The molecule has 0 saturated heterocycles. The van der Waals surface area contributed by atoms with Crippen molar-refractivity contribution in [3.8, 4) is 11.6 Å². The summed E-state index contributed by atoms with van der Waals surface area (Å²) in [6, 6.07) is 15.4. The molecular formula is C21H17BrN2O4. The molecule has 0 saturated carbocycles. The lowest BCUT2D eigenvalue weighted by Gasteiger charge is -2.12. The van der Waals surface area contributed by atoms with Crippen molar-refractivity contribution < 1.29 is 19.1 Å². The summed E-state index contributed by atoms with van der Waals surface area (Å²) in [5, 5.41) is 2.81. The standard InChI is InChI=1S/C21H17BrN2O4/c1-13-5-6-14(21(26)27-2)12-18(13)24-19(25)17-4-3-11-23-20(17)28-16-9-7-15(22)8-10-16/h3-12H,1-2H3,(H,24,25). The van der Waals surface area contributed by atoms with Gasteiger partial charge in [0, 0.05) is 16.4 Å². The van der Waals surface area contributed by atoms with E-state index >= 15 is 0 Å². The van der Waals surface area contributed by atoms with Crippen LogP contribution in [0.4, 0.5) is 5.69 Å². The van der Waals surface area contributed by atoms with Crippen molar-refractivity contribution in [2.45, 2.75) is 6.92 Å². The zero-order valence-electron chi connectivity index (χ0n) is 15.2. The molecule has 6 nitrogen and oxygen atoms in total. The van der Waals surface area contributed by atoms with Gasteiger partial charge in [0.2, 0.25) is 5.88 Å². The van der Waals surface area contributed by atoms with Crippen LogP contribution in [0.15, 0.2) is 65.3 Å². The van der Waals surface area contributed by atoms with E-state index in [4.69, 9.17) is 9.47 Å². The molecule has 1 amide bonds. The highest BCUT2D eigenvalue weighted by Gasteiger charge is 2.16. The van der Waals surface area contributed by atoms with E-state index in [9.17, 15) is 9.59 Å². The molecule has 0 bridgehead atoms. The van der Waals surface area contributed by atoms with Gasteiger partial charge < -0.3 is 14.8 Å². The predicted octanol–water partition coefficient (Wildman–Crippen LogP) is 4.98. The van der Waals surface area contributed by atoms with Crippen LogP contribution in [0.1, 0.15) is 26.3 Å². The lowest BCUT2D eigenvalue weighted by atomic mass is 10.1. The average molecular weight is 441 g/mol. The Morgan fingerprint density at radius 2 is 1.82 bits per heavy atom. The van der Waals surface area contributed by atoms with E-state index in [1.54, 1.807) is 48.7 Å². The van der Waals surface area contributed by atoms with E-state index in [2.05, 4.69) is 26.2 Å². The number of anilines is 1. The number of carbonyl (C=O) groups excluding carboxylic acids is 2. The Morgan fingerprint density at radius 1 is 1.07 bits per heavy atom. The highest BCUT2D eigenvalue weighted by Crippen LogP contribution is 2.26. The summed E-state index contributed by atoms with van der Waals surface area (Å²) in [7, 11) is 1.31. The summed E-state index contributed by atoms with van der Waals surface area (Å²) in [4.78, 5) is 28.7. The van der Waals surface area contributed by atoms with Crippen LogP contribution in [0.3, 0.4) is 0 Å². The number of ether oxygens (including phenoxy) is 2. The SMILES string of the molecule is COC(=O)c1ccc(C)c(NC(=O)c2cccnc2Oc2ccc(Br)cc2)c1. The van der Waals surface area contributed by atoms with Gasteiger partial charge in [-0.2, -0.15) is 0 Å². The van der Waals surface area contributed by atoms with Crippen LogP contribution in [-0.4, -0.2) is 24.0 Å². The average Bonchev–Trinajstić information content (AvgIpc) is 2.71. The quantitative estimate of drug-likeness (QED) is 0.565. The maximum Gasteiger partial charge on any atom is 0.337 e. The molecule has 0 aliphatic heterocycles. The summed E-state index contributed by atoms with van der Waals surface area (Å²) in [6.45, 7) is 1.83. The van der Waals surface area contributed by atoms with Crippen LogP contribution in [0, 0.1) is 6.92 Å². The molecule has 0 atom stereocenters. The maximum atomic E-state index is 12.8. The van der Waals surface area contributed by atoms with Crippen molar-refractivity contribution in [3.05, 3.63) is 82.0 Å². The lowest BCUT2D eigenvalue weighted by molar-refractivity contribution is 0.0600. The van der Waals surface area contributed by atoms with Crippen LogP contribution in [0.2, 0.25) is 0 Å². The first-order valence-electron chi connectivity index (χ1n) is 8.36. The van der Waals surface area contributed by atoms with Crippen molar-refractivity contribution in [2.24, 2.45) is 0 Å². The topological polar surface area (TPSA) is 77.5 Å². The van der Waals surface area contributed by atoms with Crippen LogP contribution < -0.4 is 10.1 Å². The van der Waals surface area contributed by atoms with E-state index < -0.39 is 11.9 Å². The van der Waals surface area contributed by atoms with Crippen molar-refractivity contribution >= 4 is 33.5 Å². The number of hydrogen-bond acceptors (Lipinski definition) is 5. The number of rotatable bonds is 5. The van der Waals surface area contributed by atoms with Gasteiger partial charge in [-0.25, -0.2) is 9.78 Å². The molecule has 1 aromatic heterocycles. The van der Waals surface area contributed by atoms with Gasteiger partial charge in [-0.05, 0) is 61.0 Å². The highest BCUT2D eigenvalue weighted by atomic mass is 79.9. The summed E-state index contributed by atoms with van der Waals surface area (Å²) in [5.74, 6) is -0.134. The van der Waals surface area contributed by atoms with Crippen LogP contribution in [-0.2, 0) is 4.74 Å². The molecule has 1 N–H and O–H groups in total. The number of carbonyl (C=O) groups is 2. The number of nitrogens with zero attached hydrogens (tertiary/aromatic N) is 1. The third kappa shape index (κ3) is 4.55. The van der Waals surface area contributed by atoms with E-state index in [-0.39, 0.29) is 11.4 Å². The molecule has 0 unspecified atom stereocenters. The Labute approximate surface area is 170 Å². The Hall–Kier alpha value is -3.19. The molecule has 0 fully saturated rings. The third-order valence-corrected chi connectivity index (χ3v) is 4.48. The molecule has 0 aliphatic rings. The number of esters is 1. The van der Waals surface area contributed by atoms with Gasteiger partial charge >= 0.3 is 5.97 Å². The number of amides is 1. The first-order valence-corrected chi connectivity index (χ1v) is 9.16. The zero-order valence-corrected chi connectivity index (χ0v) is 16.8. The molecule has 28 heavy (non-hydrogen) atoms. The summed E-state index contributed by atoms with van der Waals surface area (Å²) in [5.41, 5.74) is 1.93. The number of methoxy groups -OCH3 is 1. The smallest absolute Gasteiger partial charge is 0.337 e. The number of nitrogens with one attached hydrogen (secondary N) is 1. The minimum Gasteiger partial charge on any atom is -0.465 e. The second kappa shape index (κ2) is 8.67. The van der Waals surface area contributed by atoms with Gasteiger partial charge in [0.25, 0.3) is 5.91 Å². The second-order valence-electron chi connectivity index (χ2n) is 5.89. The maximum absolute atomic E-state index is 12.8. The van der Waals surface area contributed by atoms with Crippen molar-refractivity contribution in [2.75, 3.05) is 12.4 Å². The molecule has 142 valence electrons. The lowest BCUT2D eigenvalue weighted by Crippen LogP contribution is -2.15. The van der Waals surface area contributed by atoms with Crippen molar-refractivity contribution in [1.29, 1.82) is 0 Å². The Morgan fingerprint density at radius 3 is 2.54 bits per heavy atom. The summed E-state index contributed by atoms with van der Waals surface area (Å²) in [6.07, 6.45) is 1.55. The Balaban J connectivity index is 1.85. The van der Waals surface area contributed by atoms with Crippen molar-refractivity contribution in [3.63, 3.8) is 0 Å². The number of aromatic nitrogens is 1. The number of halogens is 1. The fraction of sp³-hybridized carbons (Fsp3) is 0.0952. The van der Waals surface area contributed by atoms with Crippen LogP contribution in [0.5, 0.6) is 11.6 Å². The molecule has 0 aliphatic carbocycles. The Kier molecular flexibility index (Phi) is 6.06. The fourth-order valence-corrected chi connectivity index (χ4v) is 2.71. The van der Waals surface area contributed by atoms with Gasteiger partial charge in [-0.15, -0.1) is 0 Å². The van der Waals surface area contributed by atoms with E-state index in [1.807, 2.05) is 19.1 Å².